The van der Waals surface area contributed by atoms with Crippen molar-refractivity contribution in [2.45, 2.75) is 19.6 Å². The molecule has 38 valence electrons. The fourth-order valence-corrected chi connectivity index (χ4v) is 0. The largest absolute Gasteiger partial charge is 0.365 e. The Hall–Kier alpha value is 0.210. The molecule has 0 amide bonds. The van der Waals surface area contributed by atoms with Gasteiger partial charge in [-0.25, -0.2) is 4.29 Å². The van der Waals surface area contributed by atoms with Crippen molar-refractivity contribution in [3.63, 3.8) is 0 Å². The molecule has 0 atom stereocenters. The van der Waals surface area contributed by atoms with Crippen LogP contribution < -0.4 is 0 Å². The average Bonchev–Trinajstić information content (AvgIpc) is 1.35. The Labute approximate surface area is 41.9 Å². The summed E-state index contributed by atoms with van der Waals surface area (Å²) in [6.07, 6.45) is 0. The van der Waals surface area contributed by atoms with Crippen molar-refractivity contribution in [3.8, 4) is 0 Å². The molecule has 0 saturated carbocycles. The highest BCUT2D eigenvalue weighted by molar-refractivity contribution is 6.07. The van der Waals surface area contributed by atoms with E-state index in [1.165, 1.54) is 13.8 Å². The van der Waals surface area contributed by atoms with E-state index < -0.39 is 5.79 Å². The third-order valence-electron chi connectivity index (χ3n) is 0.189. The molecule has 0 aliphatic carbocycles. The van der Waals surface area contributed by atoms with Crippen LogP contribution in [0.15, 0.2) is 0 Å². The molecule has 0 fully saturated rings. The van der Waals surface area contributed by atoms with Gasteiger partial charge in [0.15, 0.2) is 5.79 Å². The van der Waals surface area contributed by atoms with Crippen LogP contribution in [-0.2, 0) is 4.29 Å². The monoisotopic (exact) mass is 110 g/mol. The number of halogens is 1. The average molecular weight is 111 g/mol. The van der Waals surface area contributed by atoms with Crippen molar-refractivity contribution in [3.05, 3.63) is 0 Å². The van der Waals surface area contributed by atoms with Crippen LogP contribution in [0, 0.1) is 0 Å². The maximum Gasteiger partial charge on any atom is 0.179 e. The first-order chi connectivity index (χ1) is 2.56. The zero-order chi connectivity index (χ0) is 5.21. The molecule has 0 bridgehead atoms. The van der Waals surface area contributed by atoms with Crippen LogP contribution >= 0.6 is 11.9 Å². The lowest BCUT2D eigenvalue weighted by atomic mass is 10.4. The number of hydrogen-bond donors (Lipinski definition) is 1. The van der Waals surface area contributed by atoms with E-state index in [2.05, 4.69) is 4.29 Å². The van der Waals surface area contributed by atoms with Crippen LogP contribution in [0.3, 0.4) is 0 Å². The Balaban J connectivity index is 3.17. The standard InChI is InChI=1S/C3H7ClO2/c1-3(2,5)6-4/h5H,1-2H3. The fourth-order valence-electron chi connectivity index (χ4n) is 0. The summed E-state index contributed by atoms with van der Waals surface area (Å²) in [6.45, 7) is 2.89. The van der Waals surface area contributed by atoms with Crippen molar-refractivity contribution in [1.82, 2.24) is 0 Å². The molecule has 1 N–H and O–H groups in total. The molecule has 0 radical (unpaired) electrons. The molecule has 0 rings (SSSR count). The van der Waals surface area contributed by atoms with Gasteiger partial charge in [-0.1, -0.05) is 0 Å². The van der Waals surface area contributed by atoms with Crippen LogP contribution in [0.5, 0.6) is 0 Å². The summed E-state index contributed by atoms with van der Waals surface area (Å²) in [4.78, 5) is 0. The molecule has 2 nitrogen and oxygen atoms in total. The highest BCUT2D eigenvalue weighted by Gasteiger charge is 2.09. The molecular weight excluding hydrogens is 103 g/mol. The second kappa shape index (κ2) is 1.78. The van der Waals surface area contributed by atoms with Gasteiger partial charge in [-0.05, 0) is 13.8 Å². The van der Waals surface area contributed by atoms with Gasteiger partial charge in [-0.15, -0.1) is 0 Å². The highest BCUT2D eigenvalue weighted by Crippen LogP contribution is 2.03. The first-order valence-electron chi connectivity index (χ1n) is 1.58. The fraction of sp³-hybridized carbons (Fsp3) is 1.00. The van der Waals surface area contributed by atoms with E-state index in [0.29, 0.717) is 0 Å². The molecule has 0 aromatic heterocycles. The Morgan fingerprint density at radius 2 is 1.83 bits per heavy atom. The topological polar surface area (TPSA) is 29.5 Å². The second-order valence-electron chi connectivity index (χ2n) is 1.52. The minimum absolute atomic E-state index is 1.19. The van der Waals surface area contributed by atoms with E-state index in [1.807, 2.05) is 0 Å². The Morgan fingerprint density at radius 3 is 1.83 bits per heavy atom. The molecule has 0 aromatic rings. The van der Waals surface area contributed by atoms with E-state index in [4.69, 9.17) is 17.0 Å². The van der Waals surface area contributed by atoms with Crippen molar-refractivity contribution in [2.75, 3.05) is 0 Å². The molecule has 0 aromatic carbocycles. The van der Waals surface area contributed by atoms with Gasteiger partial charge in [0.2, 0.25) is 0 Å². The predicted octanol–water partition coefficient (Wildman–Crippen LogP) is 0.885. The number of aliphatic hydroxyl groups is 1. The van der Waals surface area contributed by atoms with Gasteiger partial charge >= 0.3 is 0 Å². The molecule has 0 aliphatic heterocycles. The minimum Gasteiger partial charge on any atom is -0.365 e. The minimum atomic E-state index is -1.19. The SMILES string of the molecule is CC(C)(O)OCl. The maximum atomic E-state index is 8.47. The smallest absolute Gasteiger partial charge is 0.179 e. The summed E-state index contributed by atoms with van der Waals surface area (Å²) < 4.78 is 3.97. The van der Waals surface area contributed by atoms with Crippen molar-refractivity contribution in [2.24, 2.45) is 0 Å². The highest BCUT2D eigenvalue weighted by atomic mass is 35.5. The van der Waals surface area contributed by atoms with Crippen molar-refractivity contribution in [1.29, 1.82) is 0 Å². The summed E-state index contributed by atoms with van der Waals surface area (Å²) in [5, 5.41) is 8.47. The van der Waals surface area contributed by atoms with Crippen molar-refractivity contribution < 1.29 is 9.40 Å². The molecule has 0 aliphatic rings. The van der Waals surface area contributed by atoms with E-state index in [-0.39, 0.29) is 0 Å². The summed E-state index contributed by atoms with van der Waals surface area (Å²) in [5.74, 6) is -1.19. The molecule has 3 heteroatoms. The molecule has 0 saturated heterocycles. The van der Waals surface area contributed by atoms with Crippen LogP contribution in [0.4, 0.5) is 0 Å². The normalized spacial score (nSPS) is 12.0. The lowest BCUT2D eigenvalue weighted by Gasteiger charge is -2.09. The maximum absolute atomic E-state index is 8.47. The van der Waals surface area contributed by atoms with Crippen LogP contribution in [-0.4, -0.2) is 10.9 Å². The predicted molar refractivity (Wildman–Crippen MR) is 23.2 cm³/mol. The number of hydrogen-bond acceptors (Lipinski definition) is 2. The quantitative estimate of drug-likeness (QED) is 0.508. The summed E-state index contributed by atoms with van der Waals surface area (Å²) in [6, 6.07) is 0. The van der Waals surface area contributed by atoms with Gasteiger partial charge in [0, 0.05) is 0 Å². The zero-order valence-corrected chi connectivity index (χ0v) is 4.49. The van der Waals surface area contributed by atoms with Gasteiger partial charge < -0.3 is 5.11 Å². The Morgan fingerprint density at radius 1 is 1.67 bits per heavy atom. The second-order valence-corrected chi connectivity index (χ2v) is 1.68. The van der Waals surface area contributed by atoms with Gasteiger partial charge in [0.25, 0.3) is 0 Å². The van der Waals surface area contributed by atoms with E-state index >= 15 is 0 Å². The molecule has 6 heavy (non-hydrogen) atoms. The summed E-state index contributed by atoms with van der Waals surface area (Å²) in [7, 11) is 0. The third-order valence-corrected chi connectivity index (χ3v) is 0.566. The van der Waals surface area contributed by atoms with Gasteiger partial charge in [0.1, 0.15) is 0 Å². The van der Waals surface area contributed by atoms with E-state index in [9.17, 15) is 0 Å². The Kier molecular flexibility index (Phi) is 1.84. The summed E-state index contributed by atoms with van der Waals surface area (Å²) in [5.41, 5.74) is 0. The first kappa shape index (κ1) is 6.21. The summed E-state index contributed by atoms with van der Waals surface area (Å²) >= 11 is 4.73. The lowest BCUT2D eigenvalue weighted by molar-refractivity contribution is -0.0994. The molecule has 0 heterocycles. The number of rotatable bonds is 1. The lowest BCUT2D eigenvalue weighted by Crippen LogP contribution is -2.17. The van der Waals surface area contributed by atoms with Crippen LogP contribution in [0.1, 0.15) is 13.8 Å². The van der Waals surface area contributed by atoms with Crippen LogP contribution in [0.2, 0.25) is 0 Å². The zero-order valence-electron chi connectivity index (χ0n) is 3.73. The van der Waals surface area contributed by atoms with Gasteiger partial charge in [0.05, 0.1) is 11.9 Å². The Bertz CT molecular complexity index is 38.5. The molecule has 0 spiro atoms. The van der Waals surface area contributed by atoms with Crippen molar-refractivity contribution >= 4 is 11.9 Å². The molecule has 0 unspecified atom stereocenters. The van der Waals surface area contributed by atoms with Gasteiger partial charge in [-0.3, -0.25) is 0 Å². The van der Waals surface area contributed by atoms with Crippen LogP contribution in [0.25, 0.3) is 0 Å². The molecular formula is C3H7ClO2. The van der Waals surface area contributed by atoms with Gasteiger partial charge in [-0.2, -0.15) is 0 Å². The third kappa shape index (κ3) is 4.21. The van der Waals surface area contributed by atoms with E-state index in [1.54, 1.807) is 0 Å². The first-order valence-corrected chi connectivity index (χ1v) is 1.89. The van der Waals surface area contributed by atoms with E-state index in [0.717, 1.165) is 0 Å².